The van der Waals surface area contributed by atoms with Crippen molar-refractivity contribution in [3.63, 3.8) is 0 Å². The summed E-state index contributed by atoms with van der Waals surface area (Å²) in [6.07, 6.45) is 0. The zero-order chi connectivity index (χ0) is 16.6. The van der Waals surface area contributed by atoms with Crippen LogP contribution in [-0.4, -0.2) is 18.0 Å². The second-order valence-corrected chi connectivity index (χ2v) is 5.87. The second kappa shape index (κ2) is 5.97. The summed E-state index contributed by atoms with van der Waals surface area (Å²) in [7, 11) is 1.55. The van der Waals surface area contributed by atoms with Crippen molar-refractivity contribution in [1.29, 1.82) is 0 Å². The highest BCUT2D eigenvalue weighted by molar-refractivity contribution is 6.31. The minimum Gasteiger partial charge on any atom is -0.495 e. The first kappa shape index (κ1) is 15.4. The van der Waals surface area contributed by atoms with E-state index in [4.69, 9.17) is 16.3 Å². The van der Waals surface area contributed by atoms with E-state index < -0.39 is 0 Å². The van der Waals surface area contributed by atoms with Crippen LogP contribution in [-0.2, 0) is 0 Å². The van der Waals surface area contributed by atoms with Gasteiger partial charge in [-0.3, -0.25) is 4.79 Å². The number of aryl methyl sites for hydroxylation is 2. The van der Waals surface area contributed by atoms with Crippen LogP contribution in [0.2, 0.25) is 5.02 Å². The van der Waals surface area contributed by atoms with E-state index in [0.717, 1.165) is 22.2 Å². The van der Waals surface area contributed by atoms with Crippen LogP contribution < -0.4 is 10.1 Å². The molecule has 5 heteroatoms. The van der Waals surface area contributed by atoms with Crippen LogP contribution in [0.4, 0.5) is 5.69 Å². The van der Waals surface area contributed by atoms with Gasteiger partial charge in [-0.2, -0.15) is 0 Å². The van der Waals surface area contributed by atoms with E-state index in [2.05, 4.69) is 10.3 Å². The van der Waals surface area contributed by atoms with Gasteiger partial charge in [0.1, 0.15) is 5.75 Å². The standard InChI is InChI=1S/C18H17ClN2O2/c1-10-11(2)20-15-6-4-12(8-14(10)15)18(22)21-16-9-13(19)5-7-17(16)23-3/h4-9,20H,1-3H3,(H,21,22). The Labute approximate surface area is 139 Å². The summed E-state index contributed by atoms with van der Waals surface area (Å²) in [5.74, 6) is 0.364. The van der Waals surface area contributed by atoms with Gasteiger partial charge >= 0.3 is 0 Å². The number of methoxy groups -OCH3 is 1. The van der Waals surface area contributed by atoms with Gasteiger partial charge in [0.05, 0.1) is 12.8 Å². The smallest absolute Gasteiger partial charge is 0.255 e. The number of hydrogen-bond acceptors (Lipinski definition) is 2. The molecule has 0 aliphatic carbocycles. The number of nitrogens with one attached hydrogen (secondary N) is 2. The number of aromatic nitrogens is 1. The molecule has 3 aromatic rings. The van der Waals surface area contributed by atoms with E-state index in [1.54, 1.807) is 31.4 Å². The lowest BCUT2D eigenvalue weighted by molar-refractivity contribution is 0.102. The Bertz CT molecular complexity index is 899. The van der Waals surface area contributed by atoms with Gasteiger partial charge in [-0.25, -0.2) is 0 Å². The predicted octanol–water partition coefficient (Wildman–Crippen LogP) is 4.70. The van der Waals surface area contributed by atoms with Crippen molar-refractivity contribution in [2.45, 2.75) is 13.8 Å². The third-order valence-corrected chi connectivity index (χ3v) is 4.22. The Hall–Kier alpha value is -2.46. The topological polar surface area (TPSA) is 54.1 Å². The van der Waals surface area contributed by atoms with Gasteiger partial charge in [0, 0.05) is 27.2 Å². The molecule has 3 rings (SSSR count). The molecular weight excluding hydrogens is 312 g/mol. The fourth-order valence-electron chi connectivity index (χ4n) is 2.57. The van der Waals surface area contributed by atoms with Crippen molar-refractivity contribution >= 4 is 34.1 Å². The number of ether oxygens (including phenoxy) is 1. The Morgan fingerprint density at radius 3 is 2.70 bits per heavy atom. The van der Waals surface area contributed by atoms with Gasteiger partial charge in [-0.1, -0.05) is 11.6 Å². The highest BCUT2D eigenvalue weighted by atomic mass is 35.5. The Morgan fingerprint density at radius 1 is 1.17 bits per heavy atom. The first-order valence-electron chi connectivity index (χ1n) is 7.23. The molecule has 0 radical (unpaired) electrons. The van der Waals surface area contributed by atoms with E-state index in [0.29, 0.717) is 22.0 Å². The first-order valence-corrected chi connectivity index (χ1v) is 7.61. The van der Waals surface area contributed by atoms with Crippen LogP contribution in [0.25, 0.3) is 10.9 Å². The quantitative estimate of drug-likeness (QED) is 0.732. The minimum atomic E-state index is -0.203. The number of rotatable bonds is 3. The Balaban J connectivity index is 1.95. The van der Waals surface area contributed by atoms with Crippen LogP contribution in [0.3, 0.4) is 0 Å². The number of carbonyl (C=O) groups is 1. The van der Waals surface area contributed by atoms with Gasteiger partial charge < -0.3 is 15.0 Å². The van der Waals surface area contributed by atoms with Crippen molar-refractivity contribution in [1.82, 2.24) is 4.98 Å². The average Bonchev–Trinajstić information content (AvgIpc) is 2.82. The molecule has 0 aliphatic heterocycles. The summed E-state index contributed by atoms with van der Waals surface area (Å²) in [4.78, 5) is 15.8. The van der Waals surface area contributed by atoms with Crippen molar-refractivity contribution in [3.05, 3.63) is 58.2 Å². The molecule has 0 saturated carbocycles. The van der Waals surface area contributed by atoms with Crippen LogP contribution >= 0.6 is 11.6 Å². The third-order valence-electron chi connectivity index (χ3n) is 3.98. The molecule has 4 nitrogen and oxygen atoms in total. The lowest BCUT2D eigenvalue weighted by atomic mass is 10.1. The number of H-pyrrole nitrogens is 1. The number of carbonyl (C=O) groups excluding carboxylic acids is 1. The fraction of sp³-hybridized carbons (Fsp3) is 0.167. The number of benzene rings is 2. The minimum absolute atomic E-state index is 0.203. The number of anilines is 1. The summed E-state index contributed by atoms with van der Waals surface area (Å²) in [6.45, 7) is 4.06. The van der Waals surface area contributed by atoms with Crippen molar-refractivity contribution in [2.75, 3.05) is 12.4 Å². The van der Waals surface area contributed by atoms with Gasteiger partial charge in [0.2, 0.25) is 0 Å². The normalized spacial score (nSPS) is 10.8. The maximum Gasteiger partial charge on any atom is 0.255 e. The lowest BCUT2D eigenvalue weighted by Crippen LogP contribution is -2.12. The number of fused-ring (bicyclic) bond motifs is 1. The Kier molecular flexibility index (Phi) is 4.01. The zero-order valence-corrected chi connectivity index (χ0v) is 13.9. The van der Waals surface area contributed by atoms with E-state index in [-0.39, 0.29) is 5.91 Å². The van der Waals surface area contributed by atoms with Crippen molar-refractivity contribution < 1.29 is 9.53 Å². The molecule has 0 fully saturated rings. The average molecular weight is 329 g/mol. The van der Waals surface area contributed by atoms with E-state index >= 15 is 0 Å². The summed E-state index contributed by atoms with van der Waals surface area (Å²) in [5.41, 5.74) is 4.41. The number of halogens is 1. The predicted molar refractivity (Wildman–Crippen MR) is 93.7 cm³/mol. The monoisotopic (exact) mass is 328 g/mol. The summed E-state index contributed by atoms with van der Waals surface area (Å²) < 4.78 is 5.25. The van der Waals surface area contributed by atoms with E-state index in [1.165, 1.54) is 0 Å². The SMILES string of the molecule is COc1ccc(Cl)cc1NC(=O)c1ccc2[nH]c(C)c(C)c2c1. The van der Waals surface area contributed by atoms with E-state index in [1.807, 2.05) is 26.0 Å². The molecule has 0 aliphatic rings. The number of aromatic amines is 1. The second-order valence-electron chi connectivity index (χ2n) is 5.43. The fourth-order valence-corrected chi connectivity index (χ4v) is 2.75. The van der Waals surface area contributed by atoms with Crippen LogP contribution in [0.1, 0.15) is 21.6 Å². The van der Waals surface area contributed by atoms with Gasteiger partial charge in [-0.15, -0.1) is 0 Å². The molecule has 0 atom stereocenters. The third kappa shape index (κ3) is 2.90. The van der Waals surface area contributed by atoms with Crippen LogP contribution in [0, 0.1) is 13.8 Å². The molecule has 0 unspecified atom stereocenters. The molecule has 2 aromatic carbocycles. The molecule has 1 aromatic heterocycles. The Morgan fingerprint density at radius 2 is 1.96 bits per heavy atom. The van der Waals surface area contributed by atoms with Gasteiger partial charge in [-0.05, 0) is 55.8 Å². The zero-order valence-electron chi connectivity index (χ0n) is 13.2. The highest BCUT2D eigenvalue weighted by Gasteiger charge is 2.12. The number of hydrogen-bond donors (Lipinski definition) is 2. The molecule has 23 heavy (non-hydrogen) atoms. The van der Waals surface area contributed by atoms with E-state index in [9.17, 15) is 4.79 Å². The lowest BCUT2D eigenvalue weighted by Gasteiger charge is -2.10. The highest BCUT2D eigenvalue weighted by Crippen LogP contribution is 2.29. The molecule has 1 amide bonds. The van der Waals surface area contributed by atoms with Gasteiger partial charge in [0.25, 0.3) is 5.91 Å². The summed E-state index contributed by atoms with van der Waals surface area (Å²) in [5, 5.41) is 4.44. The first-order chi connectivity index (χ1) is 11.0. The van der Waals surface area contributed by atoms with Crippen LogP contribution in [0.5, 0.6) is 5.75 Å². The van der Waals surface area contributed by atoms with Crippen LogP contribution in [0.15, 0.2) is 36.4 Å². The molecule has 0 spiro atoms. The molecule has 0 bridgehead atoms. The van der Waals surface area contributed by atoms with Gasteiger partial charge in [0.15, 0.2) is 0 Å². The molecule has 1 heterocycles. The molecule has 118 valence electrons. The molecule has 2 N–H and O–H groups in total. The maximum absolute atomic E-state index is 12.5. The summed E-state index contributed by atoms with van der Waals surface area (Å²) >= 11 is 5.99. The summed E-state index contributed by atoms with van der Waals surface area (Å²) in [6, 6.07) is 10.7. The molecular formula is C18H17ClN2O2. The maximum atomic E-state index is 12.5. The van der Waals surface area contributed by atoms with Crippen molar-refractivity contribution in [3.8, 4) is 5.75 Å². The number of amides is 1. The molecule has 0 saturated heterocycles. The van der Waals surface area contributed by atoms with Crippen molar-refractivity contribution in [2.24, 2.45) is 0 Å². The largest absolute Gasteiger partial charge is 0.495 e.